The van der Waals surface area contributed by atoms with Gasteiger partial charge in [-0.3, -0.25) is 4.79 Å². The number of aliphatic hydroxyl groups excluding tert-OH is 2. The minimum absolute atomic E-state index is 0.0679. The Morgan fingerprint density at radius 1 is 0.338 bits per heavy atom. The molecule has 4 heteroatoms. The number of aliphatic hydroxyl groups is 2. The van der Waals surface area contributed by atoms with Crippen LogP contribution in [0.2, 0.25) is 0 Å². The molecule has 2 atom stereocenters. The summed E-state index contributed by atoms with van der Waals surface area (Å²) in [6.45, 7) is 4.22. The lowest BCUT2D eigenvalue weighted by Crippen LogP contribution is -2.45. The smallest absolute Gasteiger partial charge is 0.220 e. The largest absolute Gasteiger partial charge is 0.394 e. The first-order valence-electron chi connectivity index (χ1n) is 32.8. The molecule has 74 heavy (non-hydrogen) atoms. The van der Waals surface area contributed by atoms with Crippen LogP contribution in [-0.2, 0) is 4.79 Å². The number of carbonyl (C=O) groups is 1. The molecule has 4 nitrogen and oxygen atoms in total. The molecule has 0 saturated carbocycles. The average molecular weight is 1030 g/mol. The van der Waals surface area contributed by atoms with E-state index >= 15 is 0 Å². The first-order valence-corrected chi connectivity index (χ1v) is 32.8. The van der Waals surface area contributed by atoms with E-state index in [0.29, 0.717) is 6.42 Å². The molecule has 0 aliphatic rings. The minimum atomic E-state index is -0.848. The van der Waals surface area contributed by atoms with E-state index in [2.05, 4.69) is 92.1 Å². The van der Waals surface area contributed by atoms with Crippen LogP contribution in [0.4, 0.5) is 0 Å². The number of allylic oxidation sites excluding steroid dienone is 13. The summed E-state index contributed by atoms with van der Waals surface area (Å²) >= 11 is 0. The van der Waals surface area contributed by atoms with Crippen LogP contribution in [0.3, 0.4) is 0 Å². The highest BCUT2D eigenvalue weighted by Gasteiger charge is 2.18. The summed E-state index contributed by atoms with van der Waals surface area (Å²) in [4.78, 5) is 12.5. The number of hydrogen-bond acceptors (Lipinski definition) is 3. The third-order valence-corrected chi connectivity index (χ3v) is 14.9. The molecule has 0 radical (unpaired) electrons. The normalized spacial score (nSPS) is 13.3. The highest BCUT2D eigenvalue weighted by atomic mass is 16.3. The molecule has 3 N–H and O–H groups in total. The number of carbonyl (C=O) groups excluding carboxylic acids is 1. The summed E-state index contributed by atoms with van der Waals surface area (Å²) in [6, 6.07) is -0.632. The SMILES string of the molecule is CC/C=C\C/C=C\C/C=C\C/C=C\C/C=C\C/C=C\CCCCCCCCCCCCC(=O)NC(CO)C(O)/C=C/CCCCCCCCCCCCCCCCCCCCCCCCCCCCCCCCC. The lowest BCUT2D eigenvalue weighted by molar-refractivity contribution is -0.123. The second-order valence-corrected chi connectivity index (χ2v) is 22.2. The second kappa shape index (κ2) is 64.9. The third-order valence-electron chi connectivity index (χ3n) is 14.9. The zero-order valence-corrected chi connectivity index (χ0v) is 49.6. The van der Waals surface area contributed by atoms with Crippen molar-refractivity contribution in [2.24, 2.45) is 0 Å². The van der Waals surface area contributed by atoms with Crippen molar-refractivity contribution in [1.82, 2.24) is 5.32 Å². The average Bonchev–Trinajstić information content (AvgIpc) is 3.40. The zero-order valence-electron chi connectivity index (χ0n) is 49.6. The fourth-order valence-corrected chi connectivity index (χ4v) is 9.95. The molecule has 430 valence electrons. The molecule has 0 aromatic heterocycles. The molecule has 0 fully saturated rings. The molecule has 0 heterocycles. The van der Waals surface area contributed by atoms with Crippen LogP contribution < -0.4 is 5.32 Å². The van der Waals surface area contributed by atoms with Crippen molar-refractivity contribution >= 4 is 5.91 Å². The number of unbranched alkanes of at least 4 members (excludes halogenated alkanes) is 41. The molecule has 1 amide bonds. The first-order chi connectivity index (χ1) is 36.7. The predicted octanol–water partition coefficient (Wildman–Crippen LogP) is 22.3. The van der Waals surface area contributed by atoms with E-state index in [-0.39, 0.29) is 12.5 Å². The lowest BCUT2D eigenvalue weighted by Gasteiger charge is -2.20. The van der Waals surface area contributed by atoms with Crippen molar-refractivity contribution in [2.45, 2.75) is 347 Å². The van der Waals surface area contributed by atoms with E-state index in [0.717, 1.165) is 64.2 Å². The van der Waals surface area contributed by atoms with Crippen LogP contribution >= 0.6 is 0 Å². The van der Waals surface area contributed by atoms with Gasteiger partial charge < -0.3 is 15.5 Å². The van der Waals surface area contributed by atoms with Crippen molar-refractivity contribution in [2.75, 3.05) is 6.61 Å². The molecule has 0 saturated heterocycles. The second-order valence-electron chi connectivity index (χ2n) is 22.2. The van der Waals surface area contributed by atoms with E-state index in [9.17, 15) is 15.0 Å². The lowest BCUT2D eigenvalue weighted by atomic mass is 10.0. The Morgan fingerprint density at radius 3 is 0.892 bits per heavy atom. The maximum atomic E-state index is 12.5. The Balaban J connectivity index is 3.49. The molecule has 0 aliphatic heterocycles. The summed E-state index contributed by atoms with van der Waals surface area (Å²) < 4.78 is 0. The number of rotatable bonds is 60. The fourth-order valence-electron chi connectivity index (χ4n) is 9.95. The maximum Gasteiger partial charge on any atom is 0.220 e. The Bertz CT molecular complexity index is 1310. The van der Waals surface area contributed by atoms with Gasteiger partial charge in [0.2, 0.25) is 5.91 Å². The van der Waals surface area contributed by atoms with Crippen LogP contribution in [-0.4, -0.2) is 34.9 Å². The van der Waals surface area contributed by atoms with Crippen LogP contribution in [0.5, 0.6) is 0 Å². The van der Waals surface area contributed by atoms with Gasteiger partial charge in [0.15, 0.2) is 0 Å². The highest BCUT2D eigenvalue weighted by Crippen LogP contribution is 2.18. The van der Waals surface area contributed by atoms with Gasteiger partial charge in [0.05, 0.1) is 18.8 Å². The highest BCUT2D eigenvalue weighted by molar-refractivity contribution is 5.76. The van der Waals surface area contributed by atoms with Crippen molar-refractivity contribution in [3.8, 4) is 0 Å². The topological polar surface area (TPSA) is 69.6 Å². The monoisotopic (exact) mass is 1030 g/mol. The Labute approximate surface area is 462 Å². The van der Waals surface area contributed by atoms with E-state index < -0.39 is 12.1 Å². The maximum absolute atomic E-state index is 12.5. The van der Waals surface area contributed by atoms with Gasteiger partial charge in [0, 0.05) is 6.42 Å². The summed E-state index contributed by atoms with van der Waals surface area (Å²) in [5, 5.41) is 23.3. The summed E-state index contributed by atoms with van der Waals surface area (Å²) in [5.74, 6) is -0.0679. The number of hydrogen-bond donors (Lipinski definition) is 3. The van der Waals surface area contributed by atoms with Gasteiger partial charge in [0.1, 0.15) is 0 Å². The van der Waals surface area contributed by atoms with E-state index in [1.165, 1.54) is 250 Å². The van der Waals surface area contributed by atoms with Crippen LogP contribution in [0.25, 0.3) is 0 Å². The Morgan fingerprint density at radius 2 is 0.595 bits per heavy atom. The van der Waals surface area contributed by atoms with Gasteiger partial charge >= 0.3 is 0 Å². The van der Waals surface area contributed by atoms with E-state index in [1.54, 1.807) is 6.08 Å². The summed E-state index contributed by atoms with van der Waals surface area (Å²) in [6.07, 6.45) is 95.0. The molecule has 0 aromatic carbocycles. The van der Waals surface area contributed by atoms with Crippen LogP contribution in [0, 0.1) is 0 Å². The van der Waals surface area contributed by atoms with E-state index in [1.807, 2.05) is 6.08 Å². The first kappa shape index (κ1) is 71.6. The molecular weight excluding hydrogens is 903 g/mol. The van der Waals surface area contributed by atoms with Crippen molar-refractivity contribution < 1.29 is 15.0 Å². The molecule has 0 spiro atoms. The Kier molecular flexibility index (Phi) is 62.7. The fraction of sp³-hybridized carbons (Fsp3) is 0.786. The predicted molar refractivity (Wildman–Crippen MR) is 331 cm³/mol. The van der Waals surface area contributed by atoms with Gasteiger partial charge in [-0.25, -0.2) is 0 Å². The molecule has 2 unspecified atom stereocenters. The standard InChI is InChI=1S/C70H127NO3/c1-3-5-7-9-11-13-15-17-19-21-23-25-27-29-31-33-34-35-36-38-39-41-43-45-47-49-51-53-55-57-59-61-63-65-69(73)68(67-72)71-70(74)66-64-62-60-58-56-54-52-50-48-46-44-42-40-37-32-30-28-26-24-22-20-18-16-14-12-10-8-6-4-2/h6,8,12,14,18,20,24,26,30,32,40,42,63,65,68-69,72-73H,3-5,7,9-11,13,15-17,19,21-23,25,27-29,31,33-39,41,43-62,64,66-67H2,1-2H3,(H,71,74)/b8-6-,14-12-,20-18-,26-24-,32-30-,42-40-,65-63+. The van der Waals surface area contributed by atoms with Gasteiger partial charge in [-0.1, -0.05) is 343 Å². The van der Waals surface area contributed by atoms with Crippen molar-refractivity contribution in [1.29, 1.82) is 0 Å². The van der Waals surface area contributed by atoms with Gasteiger partial charge in [0.25, 0.3) is 0 Å². The van der Waals surface area contributed by atoms with Gasteiger partial charge in [-0.05, 0) is 70.6 Å². The van der Waals surface area contributed by atoms with Crippen LogP contribution in [0.15, 0.2) is 85.1 Å². The van der Waals surface area contributed by atoms with Gasteiger partial charge in [-0.15, -0.1) is 0 Å². The van der Waals surface area contributed by atoms with Crippen LogP contribution in [0.1, 0.15) is 335 Å². The Hall–Kier alpha value is -2.43. The molecular formula is C70H127NO3. The minimum Gasteiger partial charge on any atom is -0.394 e. The summed E-state index contributed by atoms with van der Waals surface area (Å²) in [5.41, 5.74) is 0. The molecule has 0 rings (SSSR count). The zero-order chi connectivity index (χ0) is 53.4. The van der Waals surface area contributed by atoms with Crippen molar-refractivity contribution in [3.63, 3.8) is 0 Å². The van der Waals surface area contributed by atoms with Gasteiger partial charge in [-0.2, -0.15) is 0 Å². The van der Waals surface area contributed by atoms with Crippen molar-refractivity contribution in [3.05, 3.63) is 85.1 Å². The summed E-state index contributed by atoms with van der Waals surface area (Å²) in [7, 11) is 0. The molecule has 0 bridgehead atoms. The molecule has 0 aliphatic carbocycles. The van der Waals surface area contributed by atoms with E-state index in [4.69, 9.17) is 0 Å². The number of nitrogens with one attached hydrogen (secondary N) is 1. The number of amides is 1. The molecule has 0 aromatic rings. The quantitative estimate of drug-likeness (QED) is 0.0420. The third kappa shape index (κ3) is 60.4.